The summed E-state index contributed by atoms with van der Waals surface area (Å²) in [5.41, 5.74) is 1.01. The van der Waals surface area contributed by atoms with E-state index in [1.54, 1.807) is 11.0 Å². The van der Waals surface area contributed by atoms with E-state index >= 15 is 0 Å². The number of halogens is 1. The van der Waals surface area contributed by atoms with E-state index in [4.69, 9.17) is 4.74 Å². The molecule has 3 aromatic rings. The zero-order valence-electron chi connectivity index (χ0n) is 17.4. The molecule has 4 atom stereocenters. The van der Waals surface area contributed by atoms with E-state index < -0.39 is 17.4 Å². The third-order valence-electron chi connectivity index (χ3n) is 7.15. The molecule has 0 unspecified atom stereocenters. The van der Waals surface area contributed by atoms with Gasteiger partial charge in [-0.1, -0.05) is 54.6 Å². The maximum atomic E-state index is 14.0. The highest BCUT2D eigenvalue weighted by Gasteiger charge is 2.70. The average Bonchev–Trinajstić information content (AvgIpc) is 3.19. The predicted molar refractivity (Wildman–Crippen MR) is 117 cm³/mol. The largest absolute Gasteiger partial charge is 0.493 e. The monoisotopic (exact) mass is 428 g/mol. The standard InChI is InChI=1S/C26H21FN2O3/c1-26-22(16-8-3-2-4-9-16)20-15-32-21-13-6-5-12-19(21)23(20)29(26)25(31)28(24(26)30)18-11-7-10-17(27)14-18/h2-14,20,22-23H,15H2,1H3/t20-,22-,23-,26+/m1/s1. The van der Waals surface area contributed by atoms with E-state index in [1.165, 1.54) is 18.2 Å². The van der Waals surface area contributed by atoms with Gasteiger partial charge in [0, 0.05) is 17.4 Å². The number of amides is 3. The zero-order chi connectivity index (χ0) is 22.0. The summed E-state index contributed by atoms with van der Waals surface area (Å²) in [6.45, 7) is 2.25. The minimum atomic E-state index is -1.12. The molecular weight excluding hydrogens is 407 g/mol. The number of imide groups is 1. The maximum Gasteiger partial charge on any atom is 0.332 e. The Balaban J connectivity index is 1.57. The second kappa shape index (κ2) is 6.66. The lowest BCUT2D eigenvalue weighted by atomic mass is 9.73. The van der Waals surface area contributed by atoms with Gasteiger partial charge in [0.2, 0.25) is 0 Å². The lowest BCUT2D eigenvalue weighted by Gasteiger charge is -2.34. The molecule has 0 bridgehead atoms. The summed E-state index contributed by atoms with van der Waals surface area (Å²) in [4.78, 5) is 30.6. The van der Waals surface area contributed by atoms with Crippen LogP contribution >= 0.6 is 0 Å². The number of carbonyl (C=O) groups is 2. The van der Waals surface area contributed by atoms with Crippen molar-refractivity contribution >= 4 is 17.6 Å². The van der Waals surface area contributed by atoms with Crippen LogP contribution in [0.5, 0.6) is 5.75 Å². The summed E-state index contributed by atoms with van der Waals surface area (Å²) in [6.07, 6.45) is 0. The summed E-state index contributed by atoms with van der Waals surface area (Å²) in [6, 6.07) is 22.4. The maximum absolute atomic E-state index is 14.0. The van der Waals surface area contributed by atoms with Gasteiger partial charge in [-0.15, -0.1) is 0 Å². The molecule has 3 heterocycles. The number of hydrogen-bond acceptors (Lipinski definition) is 3. The highest BCUT2D eigenvalue weighted by atomic mass is 19.1. The second-order valence-electron chi connectivity index (χ2n) is 8.77. The van der Waals surface area contributed by atoms with Gasteiger partial charge in [0.05, 0.1) is 18.3 Å². The van der Waals surface area contributed by atoms with Crippen LogP contribution in [0.4, 0.5) is 14.9 Å². The summed E-state index contributed by atoms with van der Waals surface area (Å²) < 4.78 is 20.1. The average molecular weight is 428 g/mol. The number of hydrogen-bond donors (Lipinski definition) is 0. The molecule has 2 fully saturated rings. The Bertz CT molecular complexity index is 1250. The fourth-order valence-corrected chi connectivity index (χ4v) is 5.88. The molecule has 0 saturated carbocycles. The van der Waals surface area contributed by atoms with E-state index in [0.717, 1.165) is 21.8 Å². The van der Waals surface area contributed by atoms with E-state index in [-0.39, 0.29) is 29.5 Å². The van der Waals surface area contributed by atoms with Crippen molar-refractivity contribution in [3.63, 3.8) is 0 Å². The van der Waals surface area contributed by atoms with Gasteiger partial charge in [0.25, 0.3) is 5.91 Å². The number of rotatable bonds is 2. The Morgan fingerprint density at radius 2 is 1.72 bits per heavy atom. The molecule has 3 aromatic carbocycles. The summed E-state index contributed by atoms with van der Waals surface area (Å²) in [7, 11) is 0. The van der Waals surface area contributed by atoms with Crippen molar-refractivity contribution in [1.29, 1.82) is 0 Å². The number of carbonyl (C=O) groups excluding carboxylic acids is 2. The Hall–Kier alpha value is -3.67. The molecule has 32 heavy (non-hydrogen) atoms. The van der Waals surface area contributed by atoms with E-state index in [0.29, 0.717) is 6.61 Å². The number of para-hydroxylation sites is 1. The lowest BCUT2D eigenvalue weighted by molar-refractivity contribution is -0.124. The van der Waals surface area contributed by atoms with Gasteiger partial charge in [-0.3, -0.25) is 4.79 Å². The molecule has 0 spiro atoms. The van der Waals surface area contributed by atoms with Gasteiger partial charge in [0.15, 0.2) is 0 Å². The van der Waals surface area contributed by atoms with Crippen molar-refractivity contribution < 1.29 is 18.7 Å². The Morgan fingerprint density at radius 3 is 2.50 bits per heavy atom. The summed E-state index contributed by atoms with van der Waals surface area (Å²) in [5.74, 6) is -0.450. The molecule has 0 radical (unpaired) electrons. The quantitative estimate of drug-likeness (QED) is 0.546. The minimum Gasteiger partial charge on any atom is -0.493 e. The van der Waals surface area contributed by atoms with Crippen LogP contribution in [0, 0.1) is 11.7 Å². The molecule has 6 heteroatoms. The molecule has 0 N–H and O–H groups in total. The van der Waals surface area contributed by atoms with Crippen molar-refractivity contribution in [3.8, 4) is 5.75 Å². The molecule has 0 aliphatic carbocycles. The van der Waals surface area contributed by atoms with Crippen molar-refractivity contribution in [1.82, 2.24) is 4.90 Å². The molecule has 3 aliphatic heterocycles. The third-order valence-corrected chi connectivity index (χ3v) is 7.15. The molecule has 3 amide bonds. The number of anilines is 1. The number of nitrogens with zero attached hydrogens (tertiary/aromatic N) is 2. The Kier molecular flexibility index (Phi) is 3.97. The Labute approximate surface area is 185 Å². The molecule has 160 valence electrons. The van der Waals surface area contributed by atoms with Crippen LogP contribution in [0.25, 0.3) is 0 Å². The van der Waals surface area contributed by atoms with Crippen LogP contribution in [0.15, 0.2) is 78.9 Å². The van der Waals surface area contributed by atoms with Crippen molar-refractivity contribution in [3.05, 3.63) is 95.8 Å². The van der Waals surface area contributed by atoms with Gasteiger partial charge in [0.1, 0.15) is 17.1 Å². The zero-order valence-corrected chi connectivity index (χ0v) is 17.4. The van der Waals surface area contributed by atoms with E-state index in [2.05, 4.69) is 0 Å². The predicted octanol–water partition coefficient (Wildman–Crippen LogP) is 4.90. The number of fused-ring (bicyclic) bond motifs is 5. The minimum absolute atomic E-state index is 0.0835. The molecular formula is C26H21FN2O3. The molecule has 5 nitrogen and oxygen atoms in total. The van der Waals surface area contributed by atoms with Crippen molar-refractivity contribution in [2.45, 2.75) is 24.4 Å². The highest BCUT2D eigenvalue weighted by Crippen LogP contribution is 2.61. The molecule has 6 rings (SSSR count). The topological polar surface area (TPSA) is 49.9 Å². The van der Waals surface area contributed by atoms with Crippen molar-refractivity contribution in [2.75, 3.05) is 11.5 Å². The smallest absolute Gasteiger partial charge is 0.332 e. The first-order chi connectivity index (χ1) is 15.5. The van der Waals surface area contributed by atoms with E-state index in [9.17, 15) is 14.0 Å². The fraction of sp³-hybridized carbons (Fsp3) is 0.231. The number of benzene rings is 3. The van der Waals surface area contributed by atoms with Gasteiger partial charge in [-0.05, 0) is 36.8 Å². The molecule has 0 aromatic heterocycles. The summed E-state index contributed by atoms with van der Waals surface area (Å²) >= 11 is 0. The third kappa shape index (κ3) is 2.38. The van der Waals surface area contributed by atoms with Gasteiger partial charge >= 0.3 is 6.03 Å². The van der Waals surface area contributed by atoms with Crippen LogP contribution in [-0.4, -0.2) is 29.0 Å². The van der Waals surface area contributed by atoms with E-state index in [1.807, 2.05) is 61.5 Å². The first-order valence-corrected chi connectivity index (χ1v) is 10.7. The lowest BCUT2D eigenvalue weighted by Crippen LogP contribution is -2.46. The number of urea groups is 1. The fourth-order valence-electron chi connectivity index (χ4n) is 5.88. The molecule has 2 saturated heterocycles. The van der Waals surface area contributed by atoms with Crippen LogP contribution in [0.3, 0.4) is 0 Å². The van der Waals surface area contributed by atoms with Crippen LogP contribution in [-0.2, 0) is 4.79 Å². The first kappa shape index (κ1) is 19.0. The SMILES string of the molecule is C[C@]12C(=O)N(c3cccc(F)c3)C(=O)N1[C@@H]1c3ccccc3OC[C@@H]1[C@H]2c1ccccc1. The number of ether oxygens (including phenoxy) is 1. The first-order valence-electron chi connectivity index (χ1n) is 10.7. The second-order valence-corrected chi connectivity index (χ2v) is 8.77. The van der Waals surface area contributed by atoms with Gasteiger partial charge in [-0.25, -0.2) is 14.1 Å². The van der Waals surface area contributed by atoms with Gasteiger partial charge in [-0.2, -0.15) is 0 Å². The van der Waals surface area contributed by atoms with Crippen LogP contribution in [0.1, 0.15) is 30.0 Å². The summed E-state index contributed by atoms with van der Waals surface area (Å²) in [5, 5.41) is 0. The normalized spacial score (nSPS) is 28.2. The van der Waals surface area contributed by atoms with Crippen LogP contribution in [0.2, 0.25) is 0 Å². The van der Waals surface area contributed by atoms with Crippen LogP contribution < -0.4 is 9.64 Å². The highest BCUT2D eigenvalue weighted by molar-refractivity contribution is 6.24. The Morgan fingerprint density at radius 1 is 0.969 bits per heavy atom. The van der Waals surface area contributed by atoms with Crippen molar-refractivity contribution in [2.24, 2.45) is 5.92 Å². The van der Waals surface area contributed by atoms with Gasteiger partial charge < -0.3 is 9.64 Å². The molecule has 3 aliphatic rings.